The lowest BCUT2D eigenvalue weighted by molar-refractivity contribution is 0.590. The third kappa shape index (κ3) is 4.94. The van der Waals surface area contributed by atoms with E-state index in [1.54, 1.807) is 66.1 Å². The van der Waals surface area contributed by atoms with E-state index in [0.717, 1.165) is 5.56 Å². The Morgan fingerprint density at radius 2 is 1.87 bits per heavy atom. The second-order valence-electron chi connectivity index (χ2n) is 9.08. The Kier molecular flexibility index (Phi) is 6.80. The summed E-state index contributed by atoms with van der Waals surface area (Å²) in [4.78, 5) is 15.6. The number of halogens is 2. The van der Waals surface area contributed by atoms with Crippen molar-refractivity contribution in [3.05, 3.63) is 124 Å². The molecule has 0 aliphatic heterocycles. The fourth-order valence-corrected chi connectivity index (χ4v) is 5.79. The maximum Gasteiger partial charge on any atom is 0.262 e. The monoisotopic (exact) mass is 562 g/mol. The number of nitrogens with zero attached hydrogens (tertiary/aromatic N) is 1. The molecular formula is C29H24ClFN4O3S. The Bertz CT molecular complexity index is 1930. The van der Waals surface area contributed by atoms with Gasteiger partial charge in [-0.25, -0.2) is 12.8 Å². The van der Waals surface area contributed by atoms with Gasteiger partial charge in [0.1, 0.15) is 5.82 Å². The Morgan fingerprint density at radius 3 is 2.59 bits per heavy atom. The zero-order valence-corrected chi connectivity index (χ0v) is 22.4. The highest BCUT2D eigenvalue weighted by Gasteiger charge is 2.26. The van der Waals surface area contributed by atoms with E-state index < -0.39 is 21.4 Å². The van der Waals surface area contributed by atoms with Gasteiger partial charge in [0.15, 0.2) is 0 Å². The van der Waals surface area contributed by atoms with Crippen LogP contribution in [-0.2, 0) is 16.6 Å². The molecule has 10 heteroatoms. The van der Waals surface area contributed by atoms with Gasteiger partial charge in [-0.1, -0.05) is 42.4 Å². The molecule has 3 aromatic carbocycles. The molecule has 0 aliphatic carbocycles. The molecule has 39 heavy (non-hydrogen) atoms. The maximum atomic E-state index is 14.8. The molecule has 0 bridgehead atoms. The molecular weight excluding hydrogens is 539 g/mol. The first kappa shape index (κ1) is 26.3. The van der Waals surface area contributed by atoms with Gasteiger partial charge in [-0.05, 0) is 61.0 Å². The molecule has 0 saturated heterocycles. The number of sulfonamides is 1. The number of pyridine rings is 1. The molecule has 2 aromatic heterocycles. The van der Waals surface area contributed by atoms with Crippen molar-refractivity contribution in [3.63, 3.8) is 0 Å². The smallest absolute Gasteiger partial charge is 0.262 e. The van der Waals surface area contributed by atoms with Gasteiger partial charge >= 0.3 is 0 Å². The number of nitrogen functional groups attached to an aromatic ring is 1. The molecule has 0 amide bonds. The van der Waals surface area contributed by atoms with Gasteiger partial charge in [-0.3, -0.25) is 9.52 Å². The van der Waals surface area contributed by atoms with Crippen LogP contribution in [-0.4, -0.2) is 18.0 Å². The number of benzene rings is 3. The lowest BCUT2D eigenvalue weighted by atomic mass is 10.0. The molecule has 0 fully saturated rings. The van der Waals surface area contributed by atoms with Crippen LogP contribution in [0.2, 0.25) is 5.02 Å². The van der Waals surface area contributed by atoms with Crippen molar-refractivity contribution in [2.24, 2.45) is 0 Å². The first-order valence-corrected chi connectivity index (χ1v) is 13.7. The summed E-state index contributed by atoms with van der Waals surface area (Å²) in [6.45, 7) is 5.86. The van der Waals surface area contributed by atoms with Crippen molar-refractivity contribution >= 4 is 43.9 Å². The summed E-state index contributed by atoms with van der Waals surface area (Å²) < 4.78 is 45.9. The third-order valence-corrected chi connectivity index (χ3v) is 8.13. The molecule has 7 nitrogen and oxygen atoms in total. The Labute approximate surface area is 229 Å². The van der Waals surface area contributed by atoms with Crippen LogP contribution in [0.25, 0.3) is 27.7 Å². The van der Waals surface area contributed by atoms with Crippen LogP contribution >= 0.6 is 11.6 Å². The molecule has 0 atom stereocenters. The summed E-state index contributed by atoms with van der Waals surface area (Å²) in [6.07, 6.45) is 1.50. The highest BCUT2D eigenvalue weighted by atomic mass is 35.5. The van der Waals surface area contributed by atoms with Gasteiger partial charge in [0, 0.05) is 44.5 Å². The normalized spacial score (nSPS) is 11.6. The lowest BCUT2D eigenvalue weighted by Crippen LogP contribution is -2.24. The number of nitrogens with one attached hydrogen (secondary N) is 2. The number of hydrogen-bond donors (Lipinski definition) is 3. The third-order valence-electron chi connectivity index (χ3n) is 6.50. The van der Waals surface area contributed by atoms with Crippen LogP contribution in [0.5, 0.6) is 0 Å². The Morgan fingerprint density at radius 1 is 1.10 bits per heavy atom. The summed E-state index contributed by atoms with van der Waals surface area (Å²) in [7, 11) is -4.13. The van der Waals surface area contributed by atoms with Gasteiger partial charge in [0.05, 0.1) is 22.8 Å². The minimum Gasteiger partial charge on any atom is -0.398 e. The van der Waals surface area contributed by atoms with Gasteiger partial charge in [-0.15, -0.1) is 0 Å². The summed E-state index contributed by atoms with van der Waals surface area (Å²) in [6, 6.07) is 19.1. The molecule has 4 N–H and O–H groups in total. The van der Waals surface area contributed by atoms with Crippen molar-refractivity contribution in [2.45, 2.75) is 18.4 Å². The van der Waals surface area contributed by atoms with E-state index in [-0.39, 0.29) is 28.4 Å². The van der Waals surface area contributed by atoms with E-state index >= 15 is 0 Å². The summed E-state index contributed by atoms with van der Waals surface area (Å²) in [5.41, 5.74) is 8.54. The second-order valence-corrected chi connectivity index (χ2v) is 11.2. The van der Waals surface area contributed by atoms with Crippen molar-refractivity contribution in [1.82, 2.24) is 14.3 Å². The first-order valence-electron chi connectivity index (χ1n) is 11.9. The van der Waals surface area contributed by atoms with E-state index in [2.05, 4.69) is 16.3 Å². The Hall–Kier alpha value is -4.34. The molecule has 0 spiro atoms. The highest BCUT2D eigenvalue weighted by molar-refractivity contribution is 7.89. The fraction of sp³-hybridized carbons (Fsp3) is 0.0690. The average molecular weight is 563 g/mol. The molecule has 198 valence electrons. The van der Waals surface area contributed by atoms with E-state index in [4.69, 9.17) is 17.3 Å². The number of aryl methyl sites for hydroxylation is 1. The highest BCUT2D eigenvalue weighted by Crippen LogP contribution is 2.38. The number of anilines is 1. The second kappa shape index (κ2) is 10.1. The minimum absolute atomic E-state index is 0.0175. The number of aromatic nitrogens is 2. The quantitative estimate of drug-likeness (QED) is 0.222. The van der Waals surface area contributed by atoms with E-state index in [9.17, 15) is 17.6 Å². The van der Waals surface area contributed by atoms with E-state index in [1.165, 1.54) is 24.4 Å². The van der Waals surface area contributed by atoms with Crippen molar-refractivity contribution in [1.29, 1.82) is 0 Å². The van der Waals surface area contributed by atoms with Crippen molar-refractivity contribution < 1.29 is 12.8 Å². The zero-order chi connectivity index (χ0) is 27.9. The molecule has 2 heterocycles. The fourth-order valence-electron chi connectivity index (χ4n) is 4.55. The first-order chi connectivity index (χ1) is 18.6. The van der Waals surface area contributed by atoms with Crippen molar-refractivity contribution in [2.75, 3.05) is 5.73 Å². The molecule has 5 rings (SSSR count). The number of hydrogen-bond acceptors (Lipinski definition) is 4. The largest absolute Gasteiger partial charge is 0.398 e. The van der Waals surface area contributed by atoms with Crippen LogP contribution in [0, 0.1) is 12.7 Å². The number of nitrogens with two attached hydrogens (primary N) is 1. The number of rotatable bonds is 7. The Balaban J connectivity index is 1.77. The van der Waals surface area contributed by atoms with Gasteiger partial charge in [0.2, 0.25) is 0 Å². The maximum absolute atomic E-state index is 14.8. The van der Waals surface area contributed by atoms with Gasteiger partial charge in [0.25, 0.3) is 15.6 Å². The van der Waals surface area contributed by atoms with Crippen molar-refractivity contribution in [3.8, 4) is 11.1 Å². The van der Waals surface area contributed by atoms with Gasteiger partial charge < -0.3 is 15.3 Å². The number of aromatic amines is 1. The summed E-state index contributed by atoms with van der Waals surface area (Å²) >= 11 is 6.36. The predicted molar refractivity (Wildman–Crippen MR) is 153 cm³/mol. The number of H-pyrrole nitrogens is 1. The lowest BCUT2D eigenvalue weighted by Gasteiger charge is -2.17. The van der Waals surface area contributed by atoms with E-state index in [0.29, 0.717) is 32.7 Å². The summed E-state index contributed by atoms with van der Waals surface area (Å²) in [5.74, 6) is -0.431. The van der Waals surface area contributed by atoms with Crippen LogP contribution in [0.1, 0.15) is 16.8 Å². The number of fused-ring (bicyclic) bond motifs is 1. The topological polar surface area (TPSA) is 110 Å². The van der Waals surface area contributed by atoms with Gasteiger partial charge in [-0.2, -0.15) is 0 Å². The van der Waals surface area contributed by atoms with E-state index in [1.807, 2.05) is 0 Å². The molecule has 0 radical (unpaired) electrons. The summed E-state index contributed by atoms with van der Waals surface area (Å²) in [5, 5.41) is 0.984. The standard InChI is InChI=1S/C29H24ClFN4O3S/c1-17-9-11-21(15-25(17)32)39(37,38)34-18(2)28-27(22-7-5-13-33-29(22)36)23-14-20(30)10-12-26(23)35(28)16-19-6-3-4-8-24(19)31/h3-15,34H,2,16,32H2,1H3,(H,33,36). The van der Waals surface area contributed by atoms with Crippen LogP contribution in [0.4, 0.5) is 10.1 Å². The van der Waals surface area contributed by atoms with Crippen LogP contribution in [0.3, 0.4) is 0 Å². The zero-order valence-electron chi connectivity index (χ0n) is 20.8. The molecule has 0 saturated carbocycles. The molecule has 0 unspecified atom stereocenters. The SMILES string of the molecule is C=C(NS(=O)(=O)c1ccc(C)c(N)c1)c1c(-c2ccc[nH]c2=O)c2cc(Cl)ccc2n1Cc1ccccc1F. The molecule has 0 aliphatic rings. The minimum atomic E-state index is -4.13. The average Bonchev–Trinajstić information content (AvgIpc) is 3.20. The van der Waals surface area contributed by atoms with Crippen LogP contribution in [0.15, 0.2) is 95.3 Å². The predicted octanol–water partition coefficient (Wildman–Crippen LogP) is 5.68. The van der Waals surface area contributed by atoms with Crippen LogP contribution < -0.4 is 16.0 Å². The molecule has 5 aromatic rings.